The van der Waals surface area contributed by atoms with Crippen molar-refractivity contribution < 1.29 is 14.3 Å². The highest BCUT2D eigenvalue weighted by Gasteiger charge is 2.21. The number of amides is 1. The van der Waals surface area contributed by atoms with Crippen LogP contribution in [0.4, 0.5) is 5.13 Å². The highest BCUT2D eigenvalue weighted by Crippen LogP contribution is 2.25. The molecule has 9 heteroatoms. The molecular formula is C14H8BrN3O4S. The van der Waals surface area contributed by atoms with Gasteiger partial charge in [0.15, 0.2) is 9.48 Å². The first-order valence-electron chi connectivity index (χ1n) is 6.27. The minimum Gasteiger partial charge on any atom is -0.507 e. The Balaban J connectivity index is 1.94. The summed E-state index contributed by atoms with van der Waals surface area (Å²) >= 11 is 4.18. The van der Waals surface area contributed by atoms with Crippen molar-refractivity contribution in [1.82, 2.24) is 10.2 Å². The van der Waals surface area contributed by atoms with Crippen LogP contribution in [-0.4, -0.2) is 21.2 Å². The van der Waals surface area contributed by atoms with Gasteiger partial charge in [-0.15, -0.1) is 10.2 Å². The first-order chi connectivity index (χ1) is 11.0. The number of aromatic hydroxyl groups is 1. The van der Waals surface area contributed by atoms with Gasteiger partial charge in [-0.2, -0.15) is 0 Å². The van der Waals surface area contributed by atoms with E-state index in [0.717, 1.165) is 11.3 Å². The van der Waals surface area contributed by atoms with Gasteiger partial charge in [-0.3, -0.25) is 10.1 Å². The minimum atomic E-state index is -0.940. The van der Waals surface area contributed by atoms with E-state index in [9.17, 15) is 14.7 Å². The molecule has 0 fully saturated rings. The van der Waals surface area contributed by atoms with Crippen LogP contribution in [0.3, 0.4) is 0 Å². The van der Waals surface area contributed by atoms with Gasteiger partial charge in [-0.05, 0) is 15.9 Å². The van der Waals surface area contributed by atoms with Crippen molar-refractivity contribution in [3.63, 3.8) is 0 Å². The lowest BCUT2D eigenvalue weighted by Crippen LogP contribution is -2.21. The molecule has 2 heterocycles. The lowest BCUT2D eigenvalue weighted by molar-refractivity contribution is 0.102. The van der Waals surface area contributed by atoms with Crippen LogP contribution < -0.4 is 10.9 Å². The summed E-state index contributed by atoms with van der Waals surface area (Å²) in [5.74, 6) is -1.12. The summed E-state index contributed by atoms with van der Waals surface area (Å²) < 4.78 is 5.60. The molecule has 3 rings (SSSR count). The molecule has 0 saturated carbocycles. The van der Waals surface area contributed by atoms with E-state index in [1.165, 1.54) is 6.07 Å². The number of carbonyl (C=O) groups excluding carboxylic acids is 1. The van der Waals surface area contributed by atoms with E-state index in [4.69, 9.17) is 4.42 Å². The fraction of sp³-hybridized carbons (Fsp3) is 0. The van der Waals surface area contributed by atoms with E-state index in [1.807, 2.05) is 6.07 Å². The lowest BCUT2D eigenvalue weighted by atomic mass is 10.1. The van der Waals surface area contributed by atoms with Crippen molar-refractivity contribution >= 4 is 38.3 Å². The third kappa shape index (κ3) is 3.30. The zero-order valence-corrected chi connectivity index (χ0v) is 13.7. The number of nitrogens with zero attached hydrogens (tertiary/aromatic N) is 2. The average Bonchev–Trinajstić information content (AvgIpc) is 2.92. The Kier molecular flexibility index (Phi) is 4.22. The zero-order chi connectivity index (χ0) is 16.4. The first kappa shape index (κ1) is 15.4. The van der Waals surface area contributed by atoms with Crippen LogP contribution in [0.15, 0.2) is 49.5 Å². The fourth-order valence-electron chi connectivity index (χ4n) is 1.85. The van der Waals surface area contributed by atoms with Crippen LogP contribution in [0.25, 0.3) is 11.3 Å². The van der Waals surface area contributed by atoms with Gasteiger partial charge in [0.05, 0.1) is 0 Å². The molecular weight excluding hydrogens is 386 g/mol. The van der Waals surface area contributed by atoms with Crippen molar-refractivity contribution in [2.24, 2.45) is 0 Å². The van der Waals surface area contributed by atoms with Crippen molar-refractivity contribution in [2.75, 3.05) is 5.32 Å². The van der Waals surface area contributed by atoms with Crippen LogP contribution >= 0.6 is 27.3 Å². The van der Waals surface area contributed by atoms with Gasteiger partial charge in [0.1, 0.15) is 11.5 Å². The Bertz CT molecular complexity index is 923. The Morgan fingerprint density at radius 3 is 2.61 bits per heavy atom. The predicted octanol–water partition coefficient (Wildman–Crippen LogP) is 2.88. The number of aromatic nitrogens is 2. The van der Waals surface area contributed by atoms with Crippen molar-refractivity contribution in [3.8, 4) is 17.1 Å². The van der Waals surface area contributed by atoms with Crippen molar-refractivity contribution in [3.05, 3.63) is 56.3 Å². The molecule has 3 aromatic rings. The molecule has 116 valence electrons. The van der Waals surface area contributed by atoms with Gasteiger partial charge in [-0.25, -0.2) is 4.79 Å². The number of nitrogens with one attached hydrogen (secondary N) is 1. The number of benzene rings is 1. The Labute approximate surface area is 141 Å². The summed E-state index contributed by atoms with van der Waals surface area (Å²) in [7, 11) is 0. The summed E-state index contributed by atoms with van der Waals surface area (Å²) in [5.41, 5.74) is -0.819. The summed E-state index contributed by atoms with van der Waals surface area (Å²) in [6.45, 7) is 0. The highest BCUT2D eigenvalue weighted by molar-refractivity contribution is 9.11. The molecule has 23 heavy (non-hydrogen) atoms. The molecule has 0 saturated heterocycles. The number of halogens is 1. The van der Waals surface area contributed by atoms with E-state index in [1.54, 1.807) is 24.3 Å². The molecule has 1 amide bonds. The molecule has 2 aromatic heterocycles. The highest BCUT2D eigenvalue weighted by atomic mass is 79.9. The van der Waals surface area contributed by atoms with Crippen LogP contribution in [0.2, 0.25) is 0 Å². The topological polar surface area (TPSA) is 105 Å². The molecule has 0 aliphatic heterocycles. The van der Waals surface area contributed by atoms with E-state index >= 15 is 0 Å². The van der Waals surface area contributed by atoms with Crippen LogP contribution in [0.5, 0.6) is 5.75 Å². The maximum Gasteiger partial charge on any atom is 0.353 e. The Hall–Kier alpha value is -2.52. The third-order valence-corrected chi connectivity index (χ3v) is 4.11. The second-order valence-corrected chi connectivity index (χ2v) is 6.59. The summed E-state index contributed by atoms with van der Waals surface area (Å²) in [4.78, 5) is 24.1. The molecule has 0 radical (unpaired) electrons. The van der Waals surface area contributed by atoms with E-state index in [0.29, 0.717) is 9.48 Å². The van der Waals surface area contributed by atoms with Gasteiger partial charge < -0.3 is 9.52 Å². The van der Waals surface area contributed by atoms with E-state index < -0.39 is 22.8 Å². The number of hydrogen-bond donors (Lipinski definition) is 2. The number of rotatable bonds is 3. The normalized spacial score (nSPS) is 10.5. The number of hydrogen-bond acceptors (Lipinski definition) is 7. The first-order valence-corrected chi connectivity index (χ1v) is 7.88. The summed E-state index contributed by atoms with van der Waals surface area (Å²) in [5, 5.41) is 19.9. The zero-order valence-electron chi connectivity index (χ0n) is 11.3. The summed E-state index contributed by atoms with van der Waals surface area (Å²) in [6, 6.07) is 10.00. The molecule has 0 aliphatic rings. The second kappa shape index (κ2) is 6.31. The molecule has 0 bridgehead atoms. The lowest BCUT2D eigenvalue weighted by Gasteiger charge is -2.05. The quantitative estimate of drug-likeness (QED) is 0.708. The smallest absolute Gasteiger partial charge is 0.353 e. The predicted molar refractivity (Wildman–Crippen MR) is 87.6 cm³/mol. The van der Waals surface area contributed by atoms with Gasteiger partial charge in [0.25, 0.3) is 5.91 Å². The monoisotopic (exact) mass is 393 g/mol. The van der Waals surface area contributed by atoms with Crippen LogP contribution in [0, 0.1) is 0 Å². The Morgan fingerprint density at radius 2 is 2.00 bits per heavy atom. The maximum absolute atomic E-state index is 12.1. The molecule has 0 unspecified atom stereocenters. The Morgan fingerprint density at radius 1 is 1.26 bits per heavy atom. The molecule has 0 atom stereocenters. The SMILES string of the molecule is O=C(Nc1nnc(Br)s1)c1c(O)cc(-c2ccccc2)oc1=O. The number of anilines is 1. The largest absolute Gasteiger partial charge is 0.507 e. The second-order valence-electron chi connectivity index (χ2n) is 4.34. The van der Waals surface area contributed by atoms with Gasteiger partial charge >= 0.3 is 5.63 Å². The molecule has 7 nitrogen and oxygen atoms in total. The summed E-state index contributed by atoms with van der Waals surface area (Å²) in [6.07, 6.45) is 0. The van der Waals surface area contributed by atoms with Crippen LogP contribution in [-0.2, 0) is 0 Å². The van der Waals surface area contributed by atoms with E-state index in [2.05, 4.69) is 31.4 Å². The van der Waals surface area contributed by atoms with Crippen molar-refractivity contribution in [1.29, 1.82) is 0 Å². The standard InChI is InChI=1S/C14H8BrN3O4S/c15-13-17-18-14(23-13)16-11(20)10-8(19)6-9(22-12(10)21)7-4-2-1-3-5-7/h1-6,19H,(H,16,18,20). The van der Waals surface area contributed by atoms with Crippen LogP contribution in [0.1, 0.15) is 10.4 Å². The third-order valence-electron chi connectivity index (χ3n) is 2.84. The van der Waals surface area contributed by atoms with Gasteiger partial charge in [0, 0.05) is 11.6 Å². The molecule has 1 aromatic carbocycles. The fourth-order valence-corrected chi connectivity index (χ4v) is 2.86. The van der Waals surface area contributed by atoms with Gasteiger partial charge in [0.2, 0.25) is 5.13 Å². The van der Waals surface area contributed by atoms with E-state index in [-0.39, 0.29) is 10.9 Å². The molecule has 0 spiro atoms. The minimum absolute atomic E-state index is 0.170. The number of carbonyl (C=O) groups is 1. The average molecular weight is 394 g/mol. The van der Waals surface area contributed by atoms with Crippen molar-refractivity contribution in [2.45, 2.75) is 0 Å². The van der Waals surface area contributed by atoms with Gasteiger partial charge in [-0.1, -0.05) is 41.7 Å². The molecule has 2 N–H and O–H groups in total. The molecule has 0 aliphatic carbocycles. The maximum atomic E-state index is 12.1.